The molecule has 10 aromatic heterocycles. The van der Waals surface area contributed by atoms with Crippen molar-refractivity contribution in [1.82, 2.24) is 98.8 Å². The Kier molecular flexibility index (Phi) is 48.8. The Morgan fingerprint density at radius 1 is 0.417 bits per heavy atom. The zero-order valence-corrected chi connectivity index (χ0v) is 75.3. The van der Waals surface area contributed by atoms with Crippen molar-refractivity contribution < 1.29 is 78.0 Å². The maximum atomic E-state index is 10.9. The average Bonchev–Trinajstić information content (AvgIpc) is 1.63. The number of nitrogen functional groups attached to an aromatic ring is 5. The van der Waals surface area contributed by atoms with Crippen molar-refractivity contribution in [2.45, 2.75) is 49.2 Å². The molecule has 0 aliphatic carbocycles. The van der Waals surface area contributed by atoms with E-state index in [2.05, 4.69) is 110 Å². The van der Waals surface area contributed by atoms with E-state index in [0.717, 1.165) is 130 Å². The summed E-state index contributed by atoms with van der Waals surface area (Å²) in [4.78, 5) is 153. The number of nitro groups is 3. The number of carbonyl (C=O) groups excluding carboxylic acids is 5. The molecule has 19 aromatic rings. The summed E-state index contributed by atoms with van der Waals surface area (Å²) in [6.07, 6.45) is 28.1. The molecule has 0 saturated carbocycles. The number of aryl methyl sites for hydroxylation is 2. The number of nitrogens with zero attached hydrogens (tertiary/aromatic N) is 23. The second kappa shape index (κ2) is 59.4. The van der Waals surface area contributed by atoms with Crippen molar-refractivity contribution in [3.05, 3.63) is 281 Å². The van der Waals surface area contributed by atoms with Gasteiger partial charge >= 0.3 is 40.1 Å². The van der Waals surface area contributed by atoms with Crippen LogP contribution in [0.25, 0.3) is 110 Å². The molecule has 50 heteroatoms. The minimum absolute atomic E-state index is 0. The van der Waals surface area contributed by atoms with Gasteiger partial charge in [-0.25, -0.2) is 26.0 Å². The third-order valence-corrected chi connectivity index (χ3v) is 17.3. The van der Waals surface area contributed by atoms with E-state index >= 15 is 0 Å². The van der Waals surface area contributed by atoms with Crippen molar-refractivity contribution in [1.29, 1.82) is 11.1 Å². The van der Waals surface area contributed by atoms with Crippen LogP contribution in [0.5, 0.6) is 0 Å². The quantitative estimate of drug-likeness (QED) is 0.00983. The van der Waals surface area contributed by atoms with Crippen LogP contribution in [0, 0.1) is 41.4 Å². The van der Waals surface area contributed by atoms with Crippen molar-refractivity contribution in [2.24, 2.45) is 14.1 Å². The molecule has 0 spiro atoms. The van der Waals surface area contributed by atoms with Crippen LogP contribution in [0.1, 0.15) is 60.4 Å². The number of anilines is 8. The molecule has 10 heterocycles. The second-order valence-corrected chi connectivity index (χ2v) is 26.2. The van der Waals surface area contributed by atoms with Crippen molar-refractivity contribution >= 4 is 204 Å². The number of aliphatic hydroxyl groups excluding tert-OH is 1. The molecule has 0 amide bonds. The molecule has 0 saturated heterocycles. The van der Waals surface area contributed by atoms with Crippen LogP contribution in [-0.4, -0.2) is 176 Å². The number of nitro benzene ring substituents is 3. The van der Waals surface area contributed by atoms with Crippen LogP contribution in [0.15, 0.2) is 239 Å². The Morgan fingerprint density at radius 2 is 0.741 bits per heavy atom. The zero-order chi connectivity index (χ0) is 99.8. The van der Waals surface area contributed by atoms with E-state index in [0.29, 0.717) is 50.8 Å². The Balaban J connectivity index is 0.000000521. The number of ether oxygens (including phenoxy) is 1. The van der Waals surface area contributed by atoms with E-state index in [1.54, 1.807) is 117 Å². The van der Waals surface area contributed by atoms with Crippen molar-refractivity contribution in [3.63, 3.8) is 0 Å². The first-order valence-corrected chi connectivity index (χ1v) is 40.0. The Hall–Kier alpha value is -19.0. The van der Waals surface area contributed by atoms with E-state index in [9.17, 15) is 49.8 Å². The number of non-ortho nitro benzene ring substituents is 2. The fourth-order valence-electron chi connectivity index (χ4n) is 11.4. The van der Waals surface area contributed by atoms with Crippen molar-refractivity contribution in [3.8, 4) is 0 Å². The maximum absolute atomic E-state index is 10.9. The second-order valence-electron chi connectivity index (χ2n) is 26.0. The van der Waals surface area contributed by atoms with Crippen LogP contribution >= 0.6 is 0 Å². The molecule has 0 radical (unpaired) electrons. The fraction of sp³-hybridized carbons (Fsp3) is 0.135. The summed E-state index contributed by atoms with van der Waals surface area (Å²) in [7, 11) is 9.03. The van der Waals surface area contributed by atoms with E-state index in [-0.39, 0.29) is 51.1 Å². The first-order chi connectivity index (χ1) is 65.5. The molecule has 0 atom stereocenters. The Labute approximate surface area is 797 Å². The molecule has 139 heavy (non-hydrogen) atoms. The predicted octanol–water partition coefficient (Wildman–Crippen LogP) is 13.1. The predicted molar refractivity (Wildman–Crippen MR) is 525 cm³/mol. The summed E-state index contributed by atoms with van der Waals surface area (Å²) < 4.78 is 24.4. The van der Waals surface area contributed by atoms with Crippen molar-refractivity contribution in [2.75, 3.05) is 65.8 Å². The molecule has 49 nitrogen and oxygen atoms in total. The summed E-state index contributed by atoms with van der Waals surface area (Å²) in [5.74, 6) is -0.0960. The van der Waals surface area contributed by atoms with Crippen LogP contribution in [0.3, 0.4) is 0 Å². The Bertz CT molecular complexity index is 7290. The molecule has 19 rings (SSSR count). The number of aromatic nitrogens is 20. The summed E-state index contributed by atoms with van der Waals surface area (Å²) in [5.41, 5.74) is 58.0. The van der Waals surface area contributed by atoms with Gasteiger partial charge < -0.3 is 78.7 Å². The van der Waals surface area contributed by atoms with E-state index in [1.807, 2.05) is 117 Å². The number of imidazole rings is 2. The minimum atomic E-state index is -1.44. The van der Waals surface area contributed by atoms with Gasteiger partial charge in [0.1, 0.15) is 58.3 Å². The molecule has 0 unspecified atom stereocenters. The number of rotatable bonds is 8. The Morgan fingerprint density at radius 3 is 1.13 bits per heavy atom. The monoisotopic (exact) mass is 1940 g/mol. The van der Waals surface area contributed by atoms with Gasteiger partial charge in [0.15, 0.2) is 17.6 Å². The van der Waals surface area contributed by atoms with Crippen LogP contribution in [0.2, 0.25) is 0 Å². The number of nitrogens with one attached hydrogen (secondary N) is 5. The molecular weight excluding hydrogens is 1840 g/mol. The average molecular weight is 1940 g/mol. The number of benzene rings is 9. The molecule has 0 fully saturated rings. The molecule has 18 N–H and O–H groups in total. The van der Waals surface area contributed by atoms with Gasteiger partial charge in [0, 0.05) is 191 Å². The summed E-state index contributed by atoms with van der Waals surface area (Å²) in [6.45, 7) is 5.18. The van der Waals surface area contributed by atoms with Crippen LogP contribution in [-0.2, 0) is 67.1 Å². The molecule has 723 valence electrons. The molecule has 0 aliphatic heterocycles. The third-order valence-electron chi connectivity index (χ3n) is 17.3. The number of carbonyl (C=O) groups is 5. The number of fused-ring (bicyclic) bond motifs is 12. The number of aldehydes is 3. The summed E-state index contributed by atoms with van der Waals surface area (Å²) in [6, 6.07) is 40.0. The summed E-state index contributed by atoms with van der Waals surface area (Å²) >= 11 is -1.44. The van der Waals surface area contributed by atoms with Gasteiger partial charge in [-0.3, -0.25) is 119 Å². The van der Waals surface area contributed by atoms with Gasteiger partial charge in [0.2, 0.25) is 0 Å². The number of nitrogens with two attached hydrogens (primary N) is 5. The number of hydrogen-bond donors (Lipinski definition) is 11. The number of hydrogen-bond acceptors (Lipinski definition) is 43. The zero-order valence-electron chi connectivity index (χ0n) is 74.2. The number of esters is 2. The van der Waals surface area contributed by atoms with Gasteiger partial charge in [-0.15, -0.1) is 0 Å². The van der Waals surface area contributed by atoms with Gasteiger partial charge in [-0.05, 0) is 129 Å². The first kappa shape index (κ1) is 114. The molecule has 0 bridgehead atoms. The SMILES string of the molecule is C.C.CC(=O)OC(C)=O.CC=O.CC=O.CNc1ccc2nccnc2c1.CNc1ccc2nccnc2c1N.CNc1ccc2nccnc2c1[N+](=O)[O-].Cn1c(C=O)nc2c3nccnc3ccc21.Cn1c(CO)nc2c3nccnc3ccc21.N=N.Nc1ccc([N+](=O)[O-])cc1N.Nc1ccc2nccnc2c1.Nc1ccc2nccnc2c1.O.O=[N+]([O-])c1ccc2nccnc2c1.[HH].[O]=[Mn]=[O]. The summed E-state index contributed by atoms with van der Waals surface area (Å²) in [5, 5.41) is 49.4. The topological polar surface area (TPSA) is 766 Å². The molecule has 0 aliphatic rings. The van der Waals surface area contributed by atoms with Crippen LogP contribution in [0.4, 0.5) is 62.6 Å². The van der Waals surface area contributed by atoms with Gasteiger partial charge in [-0.2, -0.15) is 0 Å². The van der Waals surface area contributed by atoms with Gasteiger partial charge in [0.25, 0.3) is 11.4 Å². The van der Waals surface area contributed by atoms with Gasteiger partial charge in [0.05, 0.1) is 115 Å². The molecular formula is C89H99MnN33O16. The molecule has 9 aromatic carbocycles. The van der Waals surface area contributed by atoms with Crippen LogP contribution < -0.4 is 44.6 Å². The third kappa shape index (κ3) is 33.7. The fourth-order valence-corrected chi connectivity index (χ4v) is 11.4. The van der Waals surface area contributed by atoms with E-state index in [1.165, 1.54) is 76.6 Å². The standard InChI is InChI=1S/C11H10N4O.C11H8N4O.C9H8N4O2.C9H10N4.C9H9N3.C8H5N3O2.2C8H7N3.C6H7N3O2.C4H6O3.2C2H4O.2CH4.Mn.H2N2.H2O.2O.H2/c2*1-15-8-3-2-7-10(13-5-4-12-7)11(8)14-9(15)6-16;1-10-7-3-2-6-8(9(7)13(14)15)12-5-4-11-6;1-11-6-2-3-7-9(8(6)10)13-5-4-12-7;1-10-7-2-3-8-9(6-7)12-5-4-11-8;12-11(13)6-1-2-7-8(5-6)10-4-3-9-7;2*9-6-1-2-7-8(5-6)11-4-3-10-7;7-5-2-1-4(9(10)11)3-6(5)8;1-3(5)7-4(2)6;2*1-2-3;;;;1-2;;;;/h2-5,16H,6H2,1H3;2-6H,1H3;2-5,10H,1H3;2-5,11H,10H2,1H3;2-6,10H,1H3;1-5H;2*1-5H,9H2;1-3H,7-8H2;1-2H3;2*2H,1H3;2*1H4;;1-2H;1H2;;;1H. The number of aliphatic hydroxyl groups is 1. The first-order valence-electron chi connectivity index (χ1n) is 39.0. The van der Waals surface area contributed by atoms with E-state index < -0.39 is 41.5 Å². The van der Waals surface area contributed by atoms with E-state index in [4.69, 9.17) is 57.0 Å². The van der Waals surface area contributed by atoms with Gasteiger partial charge in [-0.1, -0.05) is 14.9 Å². The normalized spacial score (nSPS) is 9.51.